The molecule has 1 saturated heterocycles. The Balaban J connectivity index is 0.000000461. The molecule has 0 atom stereocenters. The lowest BCUT2D eigenvalue weighted by molar-refractivity contribution is -0.0547. The first-order valence-corrected chi connectivity index (χ1v) is 4.17. The van der Waals surface area contributed by atoms with Crippen molar-refractivity contribution < 1.29 is 9.47 Å². The average Bonchev–Trinajstić information content (AvgIpc) is 2.43. The van der Waals surface area contributed by atoms with E-state index in [0.29, 0.717) is 0 Å². The van der Waals surface area contributed by atoms with Crippen LogP contribution in [-0.4, -0.2) is 45.0 Å². The molecular weight excluding hydrogens is 142 g/mol. The third kappa shape index (κ3) is 5.18. The summed E-state index contributed by atoms with van der Waals surface area (Å²) in [6, 6.07) is 0. The van der Waals surface area contributed by atoms with E-state index < -0.39 is 0 Å². The van der Waals surface area contributed by atoms with Crippen molar-refractivity contribution in [1.82, 2.24) is 4.90 Å². The normalized spacial score (nSPS) is 18.3. The third-order valence-corrected chi connectivity index (χ3v) is 1.21. The highest BCUT2D eigenvalue weighted by molar-refractivity contribution is 4.54. The number of hydrogen-bond donors (Lipinski definition) is 0. The molecule has 0 amide bonds. The second-order valence-electron chi connectivity index (χ2n) is 2.43. The van der Waals surface area contributed by atoms with Gasteiger partial charge >= 0.3 is 0 Å². The molecule has 1 heterocycles. The summed E-state index contributed by atoms with van der Waals surface area (Å²) in [6.45, 7) is 6.36. The van der Waals surface area contributed by atoms with E-state index in [-0.39, 0.29) is 6.29 Å². The quantitative estimate of drug-likeness (QED) is 0.602. The fourth-order valence-corrected chi connectivity index (χ4v) is 0.811. The molecule has 1 aliphatic rings. The molecule has 3 heteroatoms. The van der Waals surface area contributed by atoms with Gasteiger partial charge in [0.05, 0.1) is 13.2 Å². The van der Waals surface area contributed by atoms with Crippen molar-refractivity contribution >= 4 is 0 Å². The zero-order valence-electron chi connectivity index (χ0n) is 7.96. The van der Waals surface area contributed by atoms with Gasteiger partial charge in [-0.3, -0.25) is 0 Å². The molecule has 11 heavy (non-hydrogen) atoms. The molecule has 0 spiro atoms. The van der Waals surface area contributed by atoms with Crippen LogP contribution in [0.15, 0.2) is 0 Å². The smallest absolute Gasteiger partial charge is 0.170 e. The highest BCUT2D eigenvalue weighted by atomic mass is 16.7. The summed E-state index contributed by atoms with van der Waals surface area (Å²) in [7, 11) is 4.01. The van der Waals surface area contributed by atoms with Gasteiger partial charge in [-0.15, -0.1) is 0 Å². The molecule has 1 rings (SSSR count). The zero-order valence-corrected chi connectivity index (χ0v) is 7.96. The number of ether oxygens (including phenoxy) is 2. The monoisotopic (exact) mass is 161 g/mol. The molecule has 0 unspecified atom stereocenters. The Morgan fingerprint density at radius 2 is 1.64 bits per heavy atom. The summed E-state index contributed by atoms with van der Waals surface area (Å²) in [5, 5.41) is 0. The maximum Gasteiger partial charge on any atom is 0.170 e. The van der Waals surface area contributed by atoms with Gasteiger partial charge in [0.15, 0.2) is 6.29 Å². The van der Waals surface area contributed by atoms with Gasteiger partial charge in [0.2, 0.25) is 0 Å². The van der Waals surface area contributed by atoms with Crippen LogP contribution in [0.25, 0.3) is 0 Å². The van der Waals surface area contributed by atoms with Crippen LogP contribution in [0.4, 0.5) is 0 Å². The van der Waals surface area contributed by atoms with Gasteiger partial charge < -0.3 is 14.4 Å². The molecule has 1 fully saturated rings. The van der Waals surface area contributed by atoms with Crippen molar-refractivity contribution in [2.24, 2.45) is 0 Å². The molecule has 0 bridgehead atoms. The van der Waals surface area contributed by atoms with Crippen LogP contribution in [0.3, 0.4) is 0 Å². The lowest BCUT2D eigenvalue weighted by Crippen LogP contribution is -2.26. The molecule has 0 saturated carbocycles. The second-order valence-corrected chi connectivity index (χ2v) is 2.43. The lowest BCUT2D eigenvalue weighted by Gasteiger charge is -2.13. The van der Waals surface area contributed by atoms with Crippen molar-refractivity contribution in [3.63, 3.8) is 0 Å². The molecule has 0 aliphatic carbocycles. The summed E-state index contributed by atoms with van der Waals surface area (Å²) < 4.78 is 10.4. The number of rotatable bonds is 2. The van der Waals surface area contributed by atoms with E-state index in [1.165, 1.54) is 0 Å². The number of hydrogen-bond acceptors (Lipinski definition) is 3. The SMILES string of the molecule is CC.CN(C)CC1OCCO1. The first-order chi connectivity index (χ1) is 5.29. The molecule has 0 N–H and O–H groups in total. The van der Waals surface area contributed by atoms with Gasteiger partial charge in [-0.25, -0.2) is 0 Å². The van der Waals surface area contributed by atoms with E-state index in [1.807, 2.05) is 27.9 Å². The Hall–Kier alpha value is -0.120. The maximum absolute atomic E-state index is 5.20. The Bertz CT molecular complexity index is 80.2. The van der Waals surface area contributed by atoms with Gasteiger partial charge in [0.1, 0.15) is 0 Å². The Morgan fingerprint density at radius 1 is 1.18 bits per heavy atom. The second kappa shape index (κ2) is 6.58. The topological polar surface area (TPSA) is 21.7 Å². The minimum absolute atomic E-state index is 0.0139. The van der Waals surface area contributed by atoms with E-state index in [9.17, 15) is 0 Å². The maximum atomic E-state index is 5.20. The average molecular weight is 161 g/mol. The minimum atomic E-state index is 0.0139. The molecule has 68 valence electrons. The van der Waals surface area contributed by atoms with E-state index in [0.717, 1.165) is 19.8 Å². The van der Waals surface area contributed by atoms with Gasteiger partial charge in [0, 0.05) is 6.54 Å². The van der Waals surface area contributed by atoms with Crippen molar-refractivity contribution in [3.05, 3.63) is 0 Å². The Labute approximate surface area is 69.3 Å². The molecular formula is C8H19NO2. The van der Waals surface area contributed by atoms with Crippen LogP contribution in [0.2, 0.25) is 0 Å². The minimum Gasteiger partial charge on any atom is -0.349 e. The summed E-state index contributed by atoms with van der Waals surface area (Å²) in [6.07, 6.45) is 0.0139. The largest absolute Gasteiger partial charge is 0.349 e. The van der Waals surface area contributed by atoms with Crippen molar-refractivity contribution in [1.29, 1.82) is 0 Å². The highest BCUT2D eigenvalue weighted by Gasteiger charge is 2.15. The van der Waals surface area contributed by atoms with Gasteiger partial charge in [-0.1, -0.05) is 13.8 Å². The molecule has 0 aromatic heterocycles. The van der Waals surface area contributed by atoms with Crippen LogP contribution in [0.5, 0.6) is 0 Å². The van der Waals surface area contributed by atoms with Crippen molar-refractivity contribution in [2.45, 2.75) is 20.1 Å². The number of likely N-dealkylation sites (N-methyl/N-ethyl adjacent to an activating group) is 1. The standard InChI is InChI=1S/C6H13NO2.C2H6/c1-7(2)5-6-8-3-4-9-6;1-2/h6H,3-5H2,1-2H3;1-2H3. The predicted molar refractivity (Wildman–Crippen MR) is 45.6 cm³/mol. The van der Waals surface area contributed by atoms with Crippen molar-refractivity contribution in [2.75, 3.05) is 33.9 Å². The molecule has 3 nitrogen and oxygen atoms in total. The third-order valence-electron chi connectivity index (χ3n) is 1.21. The van der Waals surface area contributed by atoms with E-state index >= 15 is 0 Å². The molecule has 0 aromatic carbocycles. The Morgan fingerprint density at radius 3 is 2.00 bits per heavy atom. The van der Waals surface area contributed by atoms with Crippen LogP contribution in [0.1, 0.15) is 13.8 Å². The Kier molecular flexibility index (Phi) is 6.51. The lowest BCUT2D eigenvalue weighted by atomic mass is 10.6. The first-order valence-electron chi connectivity index (χ1n) is 4.17. The van der Waals surface area contributed by atoms with E-state index in [2.05, 4.69) is 4.90 Å². The first kappa shape index (κ1) is 10.9. The van der Waals surface area contributed by atoms with Gasteiger partial charge in [0.25, 0.3) is 0 Å². The van der Waals surface area contributed by atoms with Gasteiger partial charge in [-0.05, 0) is 14.1 Å². The van der Waals surface area contributed by atoms with E-state index in [4.69, 9.17) is 9.47 Å². The van der Waals surface area contributed by atoms with E-state index in [1.54, 1.807) is 0 Å². The fourth-order valence-electron chi connectivity index (χ4n) is 0.811. The summed E-state index contributed by atoms with van der Waals surface area (Å²) in [4.78, 5) is 2.05. The number of nitrogens with zero attached hydrogens (tertiary/aromatic N) is 1. The van der Waals surface area contributed by atoms with Crippen LogP contribution in [-0.2, 0) is 9.47 Å². The van der Waals surface area contributed by atoms with Crippen molar-refractivity contribution in [3.8, 4) is 0 Å². The zero-order chi connectivity index (χ0) is 8.69. The summed E-state index contributed by atoms with van der Waals surface area (Å²) in [5.41, 5.74) is 0. The summed E-state index contributed by atoms with van der Waals surface area (Å²) in [5.74, 6) is 0. The van der Waals surface area contributed by atoms with Crippen LogP contribution >= 0.6 is 0 Å². The highest BCUT2D eigenvalue weighted by Crippen LogP contribution is 2.03. The fraction of sp³-hybridized carbons (Fsp3) is 1.00. The molecule has 0 radical (unpaired) electrons. The predicted octanol–water partition coefficient (Wildman–Crippen LogP) is 0.947. The molecule has 1 aliphatic heterocycles. The van der Waals surface area contributed by atoms with Gasteiger partial charge in [-0.2, -0.15) is 0 Å². The molecule has 0 aromatic rings. The summed E-state index contributed by atoms with van der Waals surface area (Å²) >= 11 is 0. The van der Waals surface area contributed by atoms with Crippen LogP contribution in [0, 0.1) is 0 Å². The van der Waals surface area contributed by atoms with Crippen LogP contribution < -0.4 is 0 Å².